The second-order valence-electron chi connectivity index (χ2n) is 9.00. The fourth-order valence-electron chi connectivity index (χ4n) is 4.00. The minimum atomic E-state index is -1.20. The molecular weight excluding hydrogens is 518 g/mol. The first-order valence-corrected chi connectivity index (χ1v) is 12.8. The molecule has 0 radical (unpaired) electrons. The molecule has 0 saturated carbocycles. The minimum Gasteiger partial charge on any atom is -0.497 e. The van der Waals surface area contributed by atoms with Crippen molar-refractivity contribution >= 4 is 40.6 Å². The number of aryl methyl sites for hydroxylation is 3. The third kappa shape index (κ3) is 5.78. The monoisotopic (exact) mass is 547 g/mol. The Labute approximate surface area is 229 Å². The maximum atomic E-state index is 14.1. The molecule has 0 bridgehead atoms. The predicted octanol–water partition coefficient (Wildman–Crippen LogP) is 4.06. The summed E-state index contributed by atoms with van der Waals surface area (Å²) in [5, 5.41) is 2.91. The number of rotatable bonds is 9. The van der Waals surface area contributed by atoms with Gasteiger partial charge in [-0.05, 0) is 85.4 Å². The van der Waals surface area contributed by atoms with E-state index in [-0.39, 0.29) is 28.6 Å². The van der Waals surface area contributed by atoms with Gasteiger partial charge in [-0.25, -0.2) is 0 Å². The third-order valence-corrected chi connectivity index (χ3v) is 7.16. The first-order chi connectivity index (χ1) is 18.6. The molecule has 11 heteroatoms. The van der Waals surface area contributed by atoms with E-state index in [1.54, 1.807) is 50.4 Å². The molecule has 4 aromatic rings. The summed E-state index contributed by atoms with van der Waals surface area (Å²) in [6.45, 7) is 5.80. The molecule has 202 valence electrons. The number of nitrogens with zero attached hydrogens (tertiary/aromatic N) is 2. The number of aromatic nitrogens is 1. The van der Waals surface area contributed by atoms with Gasteiger partial charge in [0.15, 0.2) is 11.7 Å². The fourth-order valence-corrected chi connectivity index (χ4v) is 4.74. The molecule has 1 atom stereocenters. The van der Waals surface area contributed by atoms with Gasteiger partial charge in [-0.15, -0.1) is 0 Å². The van der Waals surface area contributed by atoms with Gasteiger partial charge in [-0.2, -0.15) is 4.37 Å². The molecule has 0 aliphatic carbocycles. The van der Waals surface area contributed by atoms with E-state index in [0.29, 0.717) is 17.2 Å². The Kier molecular flexibility index (Phi) is 8.01. The van der Waals surface area contributed by atoms with E-state index in [2.05, 4.69) is 9.69 Å². The van der Waals surface area contributed by atoms with E-state index in [4.69, 9.17) is 20.6 Å². The summed E-state index contributed by atoms with van der Waals surface area (Å²) >= 11 is 0.745. The number of carbonyl (C=O) groups excluding carboxylic acids is 3. The zero-order chi connectivity index (χ0) is 28.3. The third-order valence-electron chi connectivity index (χ3n) is 6.31. The summed E-state index contributed by atoms with van der Waals surface area (Å²) in [5.74, 6) is -0.443. The number of methoxy groups -OCH3 is 1. The summed E-state index contributed by atoms with van der Waals surface area (Å²) < 4.78 is 15.1. The standard InChI is InChI=1S/C28H29N5O5S/c1-15-5-9-19(13-16(15)2)33(28(36)25-22(29)23(26(30)34)32-39-25)24(21-12-6-17(3)38-21)27(35)31-14-18-7-10-20(37-4)11-8-18/h5-13,24H,14,29H2,1-4H3,(H2,30,34)(H,31,35)/t24-/m0/s1. The molecule has 5 N–H and O–H groups in total. The first-order valence-electron chi connectivity index (χ1n) is 12.0. The molecular formula is C28H29N5O5S. The lowest BCUT2D eigenvalue weighted by atomic mass is 10.1. The van der Waals surface area contributed by atoms with E-state index in [1.165, 1.54) is 4.90 Å². The van der Waals surface area contributed by atoms with Gasteiger partial charge in [-0.1, -0.05) is 18.2 Å². The van der Waals surface area contributed by atoms with Gasteiger partial charge in [-0.3, -0.25) is 19.3 Å². The molecule has 0 spiro atoms. The quantitative estimate of drug-likeness (QED) is 0.286. The highest BCUT2D eigenvalue weighted by atomic mass is 32.1. The molecule has 0 unspecified atom stereocenters. The number of amides is 3. The number of anilines is 2. The molecule has 4 rings (SSSR count). The van der Waals surface area contributed by atoms with Crippen molar-refractivity contribution in [1.29, 1.82) is 0 Å². The van der Waals surface area contributed by atoms with Gasteiger partial charge in [0.2, 0.25) is 0 Å². The van der Waals surface area contributed by atoms with Crippen molar-refractivity contribution in [2.45, 2.75) is 33.4 Å². The molecule has 10 nitrogen and oxygen atoms in total. The number of hydrogen-bond donors (Lipinski definition) is 3. The van der Waals surface area contributed by atoms with Crippen molar-refractivity contribution in [3.05, 3.63) is 93.4 Å². The Morgan fingerprint density at radius 1 is 1.05 bits per heavy atom. The van der Waals surface area contributed by atoms with Crippen molar-refractivity contribution in [3.63, 3.8) is 0 Å². The normalized spacial score (nSPS) is 11.6. The van der Waals surface area contributed by atoms with Gasteiger partial charge in [0.25, 0.3) is 17.7 Å². The van der Waals surface area contributed by atoms with Crippen LogP contribution in [0.15, 0.2) is 59.0 Å². The molecule has 39 heavy (non-hydrogen) atoms. The Bertz CT molecular complexity index is 1530. The van der Waals surface area contributed by atoms with Gasteiger partial charge in [0.05, 0.1) is 12.8 Å². The number of furan rings is 1. The maximum absolute atomic E-state index is 14.1. The molecule has 0 fully saturated rings. The molecule has 2 aromatic carbocycles. The van der Waals surface area contributed by atoms with Crippen LogP contribution >= 0.6 is 11.5 Å². The Morgan fingerprint density at radius 2 is 1.77 bits per heavy atom. The highest BCUT2D eigenvalue weighted by molar-refractivity contribution is 7.09. The van der Waals surface area contributed by atoms with E-state index < -0.39 is 23.8 Å². The van der Waals surface area contributed by atoms with Crippen LogP contribution in [0, 0.1) is 20.8 Å². The SMILES string of the molecule is COc1ccc(CNC(=O)[C@H](c2ccc(C)o2)N(C(=O)c2snc(C(N)=O)c2N)c2ccc(C)c(C)c2)cc1. The highest BCUT2D eigenvalue weighted by Gasteiger charge is 2.38. The average Bonchev–Trinajstić information content (AvgIpc) is 3.52. The number of nitrogen functional groups attached to an aromatic ring is 1. The largest absolute Gasteiger partial charge is 0.497 e. The molecule has 3 amide bonds. The van der Waals surface area contributed by atoms with Crippen molar-refractivity contribution in [2.24, 2.45) is 5.73 Å². The molecule has 0 saturated heterocycles. The van der Waals surface area contributed by atoms with Crippen molar-refractivity contribution < 1.29 is 23.5 Å². The van der Waals surface area contributed by atoms with Gasteiger partial charge < -0.3 is 25.9 Å². The summed E-state index contributed by atoms with van der Waals surface area (Å²) in [4.78, 5) is 41.0. The highest BCUT2D eigenvalue weighted by Crippen LogP contribution is 2.34. The first kappa shape index (κ1) is 27.4. The zero-order valence-electron chi connectivity index (χ0n) is 22.0. The van der Waals surface area contributed by atoms with Crippen molar-refractivity contribution in [3.8, 4) is 5.75 Å². The van der Waals surface area contributed by atoms with Crippen LogP contribution < -0.4 is 26.4 Å². The van der Waals surface area contributed by atoms with Crippen LogP contribution in [0.25, 0.3) is 0 Å². The van der Waals surface area contributed by atoms with Gasteiger partial charge in [0.1, 0.15) is 22.1 Å². The van der Waals surface area contributed by atoms with Crippen molar-refractivity contribution in [1.82, 2.24) is 9.69 Å². The zero-order valence-corrected chi connectivity index (χ0v) is 22.8. The second-order valence-corrected chi connectivity index (χ2v) is 9.77. The summed E-state index contributed by atoms with van der Waals surface area (Å²) in [6.07, 6.45) is 0. The predicted molar refractivity (Wildman–Crippen MR) is 149 cm³/mol. The van der Waals surface area contributed by atoms with Gasteiger partial charge in [0, 0.05) is 12.2 Å². The summed E-state index contributed by atoms with van der Waals surface area (Å²) in [7, 11) is 1.58. The maximum Gasteiger partial charge on any atom is 0.273 e. The lowest BCUT2D eigenvalue weighted by Gasteiger charge is -2.30. The topological polar surface area (TPSA) is 154 Å². The lowest BCUT2D eigenvalue weighted by molar-refractivity contribution is -0.123. The number of ether oxygens (including phenoxy) is 1. The van der Waals surface area contributed by atoms with E-state index in [1.807, 2.05) is 32.0 Å². The van der Waals surface area contributed by atoms with Crippen LogP contribution in [-0.4, -0.2) is 29.2 Å². The van der Waals surface area contributed by atoms with E-state index >= 15 is 0 Å². The van der Waals surface area contributed by atoms with E-state index in [9.17, 15) is 14.4 Å². The fraction of sp³-hybridized carbons (Fsp3) is 0.214. The minimum absolute atomic E-state index is 0.0155. The molecule has 0 aliphatic rings. The van der Waals surface area contributed by atoms with Crippen LogP contribution in [0.5, 0.6) is 5.75 Å². The molecule has 2 aromatic heterocycles. The Hall–Kier alpha value is -4.64. The average molecular weight is 548 g/mol. The van der Waals surface area contributed by atoms with Crippen LogP contribution in [0.4, 0.5) is 11.4 Å². The molecule has 2 heterocycles. The number of primary amides is 1. The van der Waals surface area contributed by atoms with E-state index in [0.717, 1.165) is 28.2 Å². The number of hydrogen-bond acceptors (Lipinski definition) is 8. The Balaban J connectivity index is 1.79. The van der Waals surface area contributed by atoms with Crippen LogP contribution in [0.2, 0.25) is 0 Å². The van der Waals surface area contributed by atoms with Gasteiger partial charge >= 0.3 is 0 Å². The number of carbonyl (C=O) groups is 3. The summed E-state index contributed by atoms with van der Waals surface area (Å²) in [6, 6.07) is 14.8. The van der Waals surface area contributed by atoms with Crippen LogP contribution in [-0.2, 0) is 11.3 Å². The number of nitrogens with two attached hydrogens (primary N) is 2. The van der Waals surface area contributed by atoms with Crippen molar-refractivity contribution in [2.75, 3.05) is 17.7 Å². The number of nitrogens with one attached hydrogen (secondary N) is 1. The molecule has 0 aliphatic heterocycles. The van der Waals surface area contributed by atoms with Crippen LogP contribution in [0.1, 0.15) is 54.4 Å². The smallest absolute Gasteiger partial charge is 0.273 e. The second kappa shape index (κ2) is 11.4. The Morgan fingerprint density at radius 3 is 2.33 bits per heavy atom. The van der Waals surface area contributed by atoms with Crippen LogP contribution in [0.3, 0.4) is 0 Å². The lowest BCUT2D eigenvalue weighted by Crippen LogP contribution is -2.43. The summed E-state index contributed by atoms with van der Waals surface area (Å²) in [5.41, 5.74) is 14.4. The number of benzene rings is 2.